The van der Waals surface area contributed by atoms with Crippen molar-refractivity contribution in [3.05, 3.63) is 47.8 Å². The van der Waals surface area contributed by atoms with Crippen LogP contribution in [0, 0.1) is 17.1 Å². The molecule has 1 N–H and O–H groups in total. The average molecular weight is 244 g/mol. The van der Waals surface area contributed by atoms with E-state index in [-0.39, 0.29) is 5.56 Å². The molecule has 1 heterocycles. The molecule has 18 heavy (non-hydrogen) atoms. The predicted octanol–water partition coefficient (Wildman–Crippen LogP) is 2.53. The third-order valence-corrected chi connectivity index (χ3v) is 2.70. The lowest BCUT2D eigenvalue weighted by Gasteiger charge is -2.09. The lowest BCUT2D eigenvalue weighted by atomic mass is 10.2. The number of imidazole rings is 1. The van der Waals surface area contributed by atoms with Gasteiger partial charge in [0.25, 0.3) is 0 Å². The summed E-state index contributed by atoms with van der Waals surface area (Å²) < 4.78 is 15.4. The van der Waals surface area contributed by atoms with Crippen molar-refractivity contribution in [3.63, 3.8) is 0 Å². The zero-order valence-corrected chi connectivity index (χ0v) is 10.0. The first-order valence-corrected chi connectivity index (χ1v) is 5.68. The van der Waals surface area contributed by atoms with Gasteiger partial charge >= 0.3 is 0 Å². The first-order chi connectivity index (χ1) is 8.76. The van der Waals surface area contributed by atoms with Crippen molar-refractivity contribution < 1.29 is 4.39 Å². The second-order valence-corrected chi connectivity index (χ2v) is 3.76. The summed E-state index contributed by atoms with van der Waals surface area (Å²) in [7, 11) is 0. The van der Waals surface area contributed by atoms with Gasteiger partial charge in [0, 0.05) is 18.9 Å². The van der Waals surface area contributed by atoms with Crippen molar-refractivity contribution in [3.8, 4) is 6.07 Å². The monoisotopic (exact) mass is 244 g/mol. The third-order valence-electron chi connectivity index (χ3n) is 2.70. The van der Waals surface area contributed by atoms with E-state index in [0.29, 0.717) is 12.2 Å². The molecule has 0 aliphatic carbocycles. The predicted molar refractivity (Wildman–Crippen MR) is 66.3 cm³/mol. The Morgan fingerprint density at radius 1 is 1.50 bits per heavy atom. The van der Waals surface area contributed by atoms with E-state index in [2.05, 4.69) is 10.3 Å². The van der Waals surface area contributed by atoms with Crippen molar-refractivity contribution in [1.82, 2.24) is 9.55 Å². The molecular weight excluding hydrogens is 231 g/mol. The Hall–Kier alpha value is -2.35. The first-order valence-electron chi connectivity index (χ1n) is 5.68. The van der Waals surface area contributed by atoms with Crippen molar-refractivity contribution in [2.45, 2.75) is 20.0 Å². The summed E-state index contributed by atoms with van der Waals surface area (Å²) in [5, 5.41) is 11.9. The number of nitrogens with one attached hydrogen (secondary N) is 1. The number of hydrogen-bond donors (Lipinski definition) is 1. The van der Waals surface area contributed by atoms with E-state index in [0.717, 1.165) is 12.4 Å². The molecular formula is C13H13FN4. The van der Waals surface area contributed by atoms with Crippen LogP contribution in [0.5, 0.6) is 0 Å². The number of rotatable bonds is 4. The molecule has 5 heteroatoms. The number of nitriles is 1. The molecule has 0 radical (unpaired) electrons. The van der Waals surface area contributed by atoms with Crippen LogP contribution < -0.4 is 5.32 Å². The highest BCUT2D eigenvalue weighted by Crippen LogP contribution is 2.18. The molecule has 0 unspecified atom stereocenters. The molecule has 0 amide bonds. The van der Waals surface area contributed by atoms with Crippen molar-refractivity contribution in [2.75, 3.05) is 5.32 Å². The zero-order valence-electron chi connectivity index (χ0n) is 10.0. The standard InChI is InChI=1S/C13H13FN4/c1-2-18-7-6-16-13(18)9-17-12-5-3-4-11(14)10(12)8-15/h3-7,17H,2,9H2,1H3. The van der Waals surface area contributed by atoms with Crippen LogP contribution in [0.4, 0.5) is 10.1 Å². The van der Waals surface area contributed by atoms with E-state index >= 15 is 0 Å². The number of hydrogen-bond acceptors (Lipinski definition) is 3. The van der Waals surface area contributed by atoms with Gasteiger partial charge in [0.15, 0.2) is 0 Å². The highest BCUT2D eigenvalue weighted by molar-refractivity contribution is 5.57. The maximum Gasteiger partial charge on any atom is 0.143 e. The Morgan fingerprint density at radius 3 is 3.06 bits per heavy atom. The quantitative estimate of drug-likeness (QED) is 0.899. The highest BCUT2D eigenvalue weighted by atomic mass is 19.1. The summed E-state index contributed by atoms with van der Waals surface area (Å²) in [6, 6.07) is 6.39. The minimum absolute atomic E-state index is 0.0344. The molecule has 1 aromatic heterocycles. The van der Waals surface area contributed by atoms with Crippen LogP contribution >= 0.6 is 0 Å². The van der Waals surface area contributed by atoms with Gasteiger partial charge in [-0.05, 0) is 19.1 Å². The van der Waals surface area contributed by atoms with E-state index < -0.39 is 5.82 Å². The first kappa shape index (κ1) is 12.1. The van der Waals surface area contributed by atoms with Crippen LogP contribution in [0.25, 0.3) is 0 Å². The molecule has 0 aliphatic rings. The summed E-state index contributed by atoms with van der Waals surface area (Å²) in [4.78, 5) is 4.20. The fourth-order valence-electron chi connectivity index (χ4n) is 1.75. The highest BCUT2D eigenvalue weighted by Gasteiger charge is 2.08. The Kier molecular flexibility index (Phi) is 3.58. The van der Waals surface area contributed by atoms with E-state index in [4.69, 9.17) is 5.26 Å². The van der Waals surface area contributed by atoms with E-state index in [1.165, 1.54) is 6.07 Å². The molecule has 0 aliphatic heterocycles. The smallest absolute Gasteiger partial charge is 0.143 e. The van der Waals surface area contributed by atoms with Crippen molar-refractivity contribution in [1.29, 1.82) is 5.26 Å². The van der Waals surface area contributed by atoms with Gasteiger partial charge in [0.05, 0.1) is 12.2 Å². The van der Waals surface area contributed by atoms with Gasteiger partial charge in [-0.25, -0.2) is 9.37 Å². The molecule has 0 fully saturated rings. The van der Waals surface area contributed by atoms with Crippen LogP contribution in [0.1, 0.15) is 18.3 Å². The van der Waals surface area contributed by atoms with Gasteiger partial charge in [-0.3, -0.25) is 0 Å². The molecule has 92 valence electrons. The van der Waals surface area contributed by atoms with Crippen LogP contribution in [-0.4, -0.2) is 9.55 Å². The molecule has 0 saturated heterocycles. The molecule has 0 saturated carbocycles. The van der Waals surface area contributed by atoms with Gasteiger partial charge in [-0.15, -0.1) is 0 Å². The largest absolute Gasteiger partial charge is 0.377 e. The third kappa shape index (κ3) is 2.33. The SMILES string of the molecule is CCn1ccnc1CNc1cccc(F)c1C#N. The maximum atomic E-state index is 13.4. The Labute approximate surface area is 105 Å². The van der Waals surface area contributed by atoms with Crippen molar-refractivity contribution >= 4 is 5.69 Å². The summed E-state index contributed by atoms with van der Waals surface area (Å²) in [5.74, 6) is 0.340. The lowest BCUT2D eigenvalue weighted by molar-refractivity contribution is 0.624. The summed E-state index contributed by atoms with van der Waals surface area (Å²) in [6.45, 7) is 3.30. The summed E-state index contributed by atoms with van der Waals surface area (Å²) in [6.07, 6.45) is 3.60. The fourth-order valence-corrected chi connectivity index (χ4v) is 1.75. The number of benzene rings is 1. The number of nitrogens with zero attached hydrogens (tertiary/aromatic N) is 3. The van der Waals surface area contributed by atoms with Gasteiger partial charge in [-0.2, -0.15) is 5.26 Å². The van der Waals surface area contributed by atoms with Gasteiger partial charge in [0.1, 0.15) is 23.3 Å². The Bertz CT molecular complexity index is 583. The second-order valence-electron chi connectivity index (χ2n) is 3.76. The second kappa shape index (κ2) is 5.32. The average Bonchev–Trinajstić information content (AvgIpc) is 2.83. The minimum atomic E-state index is -0.513. The van der Waals surface area contributed by atoms with E-state index in [1.807, 2.05) is 23.8 Å². The maximum absolute atomic E-state index is 13.4. The van der Waals surface area contributed by atoms with E-state index in [1.54, 1.807) is 18.3 Å². The number of anilines is 1. The topological polar surface area (TPSA) is 53.6 Å². The minimum Gasteiger partial charge on any atom is -0.377 e. The van der Waals surface area contributed by atoms with Gasteiger partial charge in [0.2, 0.25) is 0 Å². The van der Waals surface area contributed by atoms with Crippen LogP contribution in [0.2, 0.25) is 0 Å². The van der Waals surface area contributed by atoms with Gasteiger partial charge < -0.3 is 9.88 Å². The zero-order chi connectivity index (χ0) is 13.0. The number of aromatic nitrogens is 2. The Morgan fingerprint density at radius 2 is 2.33 bits per heavy atom. The van der Waals surface area contributed by atoms with E-state index in [9.17, 15) is 4.39 Å². The number of halogens is 1. The fraction of sp³-hybridized carbons (Fsp3) is 0.231. The molecule has 0 bridgehead atoms. The summed E-state index contributed by atoms with van der Waals surface area (Å²) >= 11 is 0. The van der Waals surface area contributed by atoms with Crippen LogP contribution in [-0.2, 0) is 13.1 Å². The molecule has 0 atom stereocenters. The molecule has 2 aromatic rings. The molecule has 1 aromatic carbocycles. The van der Waals surface area contributed by atoms with Gasteiger partial charge in [-0.1, -0.05) is 6.07 Å². The Balaban J connectivity index is 2.16. The normalized spacial score (nSPS) is 10.1. The molecule has 0 spiro atoms. The van der Waals surface area contributed by atoms with Crippen molar-refractivity contribution in [2.24, 2.45) is 0 Å². The molecule has 2 rings (SSSR count). The summed E-state index contributed by atoms with van der Waals surface area (Å²) in [5.41, 5.74) is 0.523. The van der Waals surface area contributed by atoms with Crippen LogP contribution in [0.3, 0.4) is 0 Å². The van der Waals surface area contributed by atoms with Crippen LogP contribution in [0.15, 0.2) is 30.6 Å². The number of aryl methyl sites for hydroxylation is 1. The lowest BCUT2D eigenvalue weighted by Crippen LogP contribution is -2.08. The molecule has 4 nitrogen and oxygen atoms in total.